The number of hydrogen-bond donors (Lipinski definition) is 2. The van der Waals surface area contributed by atoms with Gasteiger partial charge in [0, 0.05) is 37.2 Å². The highest BCUT2D eigenvalue weighted by atomic mass is 16.1. The van der Waals surface area contributed by atoms with Gasteiger partial charge in [-0.05, 0) is 62.9 Å². The van der Waals surface area contributed by atoms with E-state index in [1.807, 2.05) is 6.07 Å². The van der Waals surface area contributed by atoms with Crippen LogP contribution in [-0.2, 0) is 0 Å². The van der Waals surface area contributed by atoms with Gasteiger partial charge < -0.3 is 15.5 Å². The van der Waals surface area contributed by atoms with Crippen molar-refractivity contribution in [2.75, 3.05) is 29.9 Å². The van der Waals surface area contributed by atoms with Crippen LogP contribution in [0.2, 0.25) is 0 Å². The Morgan fingerprint density at radius 1 is 1.15 bits per heavy atom. The molecular formula is C22H32N4O. The minimum absolute atomic E-state index is 0.0830. The average Bonchev–Trinajstić information content (AvgIpc) is 2.64. The molecule has 0 atom stereocenters. The first-order valence-electron chi connectivity index (χ1n) is 9.80. The van der Waals surface area contributed by atoms with Gasteiger partial charge in [-0.3, -0.25) is 9.78 Å². The van der Waals surface area contributed by atoms with E-state index in [4.69, 9.17) is 0 Å². The second-order valence-electron chi connectivity index (χ2n) is 7.20. The van der Waals surface area contributed by atoms with Crippen molar-refractivity contribution in [3.63, 3.8) is 0 Å². The summed E-state index contributed by atoms with van der Waals surface area (Å²) in [6.07, 6.45) is 4.31. The molecule has 2 N–H and O–H groups in total. The maximum atomic E-state index is 12.3. The third kappa shape index (κ3) is 5.98. The Kier molecular flexibility index (Phi) is 7.65. The van der Waals surface area contributed by atoms with Crippen LogP contribution in [-0.4, -0.2) is 30.5 Å². The molecule has 1 aromatic heterocycles. The Labute approximate surface area is 163 Å². The quantitative estimate of drug-likeness (QED) is 0.670. The average molecular weight is 369 g/mol. The molecule has 5 heteroatoms. The van der Waals surface area contributed by atoms with Crippen LogP contribution in [0.4, 0.5) is 17.1 Å². The SMILES string of the molecule is CCN(CC)c1ccc(Nc2cncc(C(=O)NCCC(C)C)c2)c(C)c1. The van der Waals surface area contributed by atoms with Crippen LogP contribution in [0.1, 0.15) is 50.0 Å². The molecule has 0 aliphatic carbocycles. The lowest BCUT2D eigenvalue weighted by molar-refractivity contribution is 0.0951. The lowest BCUT2D eigenvalue weighted by Gasteiger charge is -2.22. The fraction of sp³-hybridized carbons (Fsp3) is 0.455. The Morgan fingerprint density at radius 3 is 2.52 bits per heavy atom. The fourth-order valence-electron chi connectivity index (χ4n) is 2.94. The van der Waals surface area contributed by atoms with Crippen LogP contribution in [0.3, 0.4) is 0 Å². The third-order valence-electron chi connectivity index (χ3n) is 4.63. The summed E-state index contributed by atoms with van der Waals surface area (Å²) in [5.74, 6) is 0.485. The maximum Gasteiger partial charge on any atom is 0.252 e. The number of rotatable bonds is 9. The van der Waals surface area contributed by atoms with Gasteiger partial charge in [0.05, 0.1) is 17.4 Å². The zero-order valence-electron chi connectivity index (χ0n) is 17.2. The Bertz CT molecular complexity index is 754. The molecule has 2 rings (SSSR count). The normalized spacial score (nSPS) is 10.7. The van der Waals surface area contributed by atoms with Gasteiger partial charge >= 0.3 is 0 Å². The molecule has 1 aromatic carbocycles. The van der Waals surface area contributed by atoms with Crippen LogP contribution in [0, 0.1) is 12.8 Å². The number of nitrogens with one attached hydrogen (secondary N) is 2. The van der Waals surface area contributed by atoms with Gasteiger partial charge in [-0.25, -0.2) is 0 Å². The summed E-state index contributed by atoms with van der Waals surface area (Å²) in [4.78, 5) is 18.8. The van der Waals surface area contributed by atoms with E-state index in [1.165, 1.54) is 5.69 Å². The smallest absolute Gasteiger partial charge is 0.252 e. The van der Waals surface area contributed by atoms with Crippen molar-refractivity contribution in [3.8, 4) is 0 Å². The molecule has 2 aromatic rings. The molecule has 27 heavy (non-hydrogen) atoms. The molecule has 0 aliphatic heterocycles. The summed E-state index contributed by atoms with van der Waals surface area (Å²) in [5.41, 5.74) is 4.78. The molecule has 0 bridgehead atoms. The van der Waals surface area contributed by atoms with Crippen LogP contribution in [0.15, 0.2) is 36.7 Å². The number of nitrogens with zero attached hydrogens (tertiary/aromatic N) is 2. The third-order valence-corrected chi connectivity index (χ3v) is 4.63. The summed E-state index contributed by atoms with van der Waals surface area (Å²) >= 11 is 0. The van der Waals surface area contributed by atoms with Crippen molar-refractivity contribution in [1.82, 2.24) is 10.3 Å². The summed E-state index contributed by atoms with van der Waals surface area (Å²) in [7, 11) is 0. The van der Waals surface area contributed by atoms with Gasteiger partial charge in [0.2, 0.25) is 0 Å². The van der Waals surface area contributed by atoms with Crippen molar-refractivity contribution < 1.29 is 4.79 Å². The molecule has 0 saturated carbocycles. The number of pyridine rings is 1. The first-order chi connectivity index (χ1) is 12.9. The van der Waals surface area contributed by atoms with Gasteiger partial charge in [-0.15, -0.1) is 0 Å². The molecule has 0 saturated heterocycles. The van der Waals surface area contributed by atoms with Crippen molar-refractivity contribution in [1.29, 1.82) is 0 Å². The van der Waals surface area contributed by atoms with Gasteiger partial charge in [0.25, 0.3) is 5.91 Å². The molecule has 0 radical (unpaired) electrons. The molecule has 0 fully saturated rings. The largest absolute Gasteiger partial charge is 0.372 e. The van der Waals surface area contributed by atoms with E-state index in [1.54, 1.807) is 12.4 Å². The second kappa shape index (κ2) is 9.95. The zero-order chi connectivity index (χ0) is 19.8. The van der Waals surface area contributed by atoms with Crippen LogP contribution in [0.25, 0.3) is 0 Å². The monoisotopic (exact) mass is 368 g/mol. The van der Waals surface area contributed by atoms with Crippen molar-refractivity contribution >= 4 is 23.0 Å². The van der Waals surface area contributed by atoms with Crippen LogP contribution < -0.4 is 15.5 Å². The minimum atomic E-state index is -0.0830. The topological polar surface area (TPSA) is 57.3 Å². The number of carbonyl (C=O) groups excluding carboxylic acids is 1. The van der Waals surface area contributed by atoms with Gasteiger partial charge in [0.1, 0.15) is 0 Å². The Hall–Kier alpha value is -2.56. The van der Waals surface area contributed by atoms with Gasteiger partial charge in [-0.1, -0.05) is 13.8 Å². The van der Waals surface area contributed by atoms with Crippen LogP contribution in [0.5, 0.6) is 0 Å². The first-order valence-corrected chi connectivity index (χ1v) is 9.80. The summed E-state index contributed by atoms with van der Waals surface area (Å²) < 4.78 is 0. The number of benzene rings is 1. The molecule has 146 valence electrons. The second-order valence-corrected chi connectivity index (χ2v) is 7.20. The van der Waals surface area contributed by atoms with E-state index in [2.05, 4.69) is 73.3 Å². The van der Waals surface area contributed by atoms with E-state index in [0.29, 0.717) is 18.0 Å². The minimum Gasteiger partial charge on any atom is -0.372 e. The summed E-state index contributed by atoms with van der Waals surface area (Å²) in [5, 5.41) is 6.34. The number of aromatic nitrogens is 1. The molecule has 1 amide bonds. The zero-order valence-corrected chi connectivity index (χ0v) is 17.2. The first kappa shape index (κ1) is 20.7. The van der Waals surface area contributed by atoms with Crippen molar-refractivity contribution in [2.24, 2.45) is 5.92 Å². The number of hydrogen-bond acceptors (Lipinski definition) is 4. The van der Waals surface area contributed by atoms with Crippen LogP contribution >= 0.6 is 0 Å². The molecule has 5 nitrogen and oxygen atoms in total. The number of amides is 1. The predicted molar refractivity (Wildman–Crippen MR) is 114 cm³/mol. The fourth-order valence-corrected chi connectivity index (χ4v) is 2.94. The number of carbonyl (C=O) groups is 1. The highest BCUT2D eigenvalue weighted by Gasteiger charge is 2.09. The Balaban J connectivity index is 2.08. The summed E-state index contributed by atoms with van der Waals surface area (Å²) in [6.45, 7) is 13.4. The highest BCUT2D eigenvalue weighted by molar-refractivity contribution is 5.94. The highest BCUT2D eigenvalue weighted by Crippen LogP contribution is 2.25. The predicted octanol–water partition coefficient (Wildman–Crippen LogP) is 4.76. The number of aryl methyl sites for hydroxylation is 1. The molecule has 1 heterocycles. The molecule has 0 aliphatic rings. The maximum absolute atomic E-state index is 12.3. The van der Waals surface area contributed by atoms with Gasteiger partial charge in [0.15, 0.2) is 0 Å². The van der Waals surface area contributed by atoms with E-state index in [0.717, 1.165) is 36.4 Å². The molecular weight excluding hydrogens is 336 g/mol. The lowest BCUT2D eigenvalue weighted by atomic mass is 10.1. The lowest BCUT2D eigenvalue weighted by Crippen LogP contribution is -2.25. The molecule has 0 unspecified atom stereocenters. The number of anilines is 3. The van der Waals surface area contributed by atoms with E-state index in [-0.39, 0.29) is 5.91 Å². The van der Waals surface area contributed by atoms with E-state index in [9.17, 15) is 4.79 Å². The van der Waals surface area contributed by atoms with Gasteiger partial charge in [-0.2, -0.15) is 0 Å². The van der Waals surface area contributed by atoms with Crippen molar-refractivity contribution in [3.05, 3.63) is 47.8 Å². The van der Waals surface area contributed by atoms with Crippen molar-refractivity contribution in [2.45, 2.75) is 41.0 Å². The summed E-state index contributed by atoms with van der Waals surface area (Å²) in [6, 6.07) is 8.23. The molecule has 0 spiro atoms. The van der Waals surface area contributed by atoms with E-state index < -0.39 is 0 Å². The standard InChI is InChI=1S/C22H32N4O/c1-6-26(7-2)20-8-9-21(17(5)12-20)25-19-13-18(14-23-15-19)22(27)24-11-10-16(3)4/h8-9,12-16,25H,6-7,10-11H2,1-5H3,(H,24,27). The Morgan fingerprint density at radius 2 is 1.89 bits per heavy atom. The van der Waals surface area contributed by atoms with E-state index >= 15 is 0 Å².